The lowest BCUT2D eigenvalue weighted by Crippen LogP contribution is -2.37. The lowest BCUT2D eigenvalue weighted by Gasteiger charge is -2.26. The number of nitrogens with two attached hydrogens (primary N) is 1. The highest BCUT2D eigenvalue weighted by molar-refractivity contribution is 7.98. The van der Waals surface area contributed by atoms with E-state index < -0.39 is 11.2 Å². The third kappa shape index (κ3) is 4.68. The molecule has 4 heterocycles. The fourth-order valence-corrected chi connectivity index (χ4v) is 5.09. The number of nitrogen functional groups attached to an aromatic ring is 1. The lowest BCUT2D eigenvalue weighted by molar-refractivity contribution is 0.122. The third-order valence-electron chi connectivity index (χ3n) is 5.85. The number of morpholine rings is 1. The van der Waals surface area contributed by atoms with Crippen LogP contribution in [0.2, 0.25) is 5.02 Å². The number of ether oxygens (including phenoxy) is 1. The fourth-order valence-electron chi connectivity index (χ4n) is 4.02. The van der Waals surface area contributed by atoms with E-state index in [0.29, 0.717) is 71.7 Å². The highest BCUT2D eigenvalue weighted by Gasteiger charge is 2.21. The highest BCUT2D eigenvalue weighted by atomic mass is 35.5. The highest BCUT2D eigenvalue weighted by Crippen LogP contribution is 2.26. The van der Waals surface area contributed by atoms with E-state index in [1.54, 1.807) is 17.7 Å². The Hall–Kier alpha value is -3.42. The number of benzene rings is 1. The number of imidazole rings is 1. The second kappa shape index (κ2) is 9.91. The van der Waals surface area contributed by atoms with Crippen LogP contribution in [0.15, 0.2) is 39.0 Å². The summed E-state index contributed by atoms with van der Waals surface area (Å²) < 4.78 is 9.64. The topological polar surface area (TPSA) is 139 Å². The van der Waals surface area contributed by atoms with Crippen LogP contribution in [0.3, 0.4) is 0 Å². The summed E-state index contributed by atoms with van der Waals surface area (Å²) in [5, 5.41) is 1.12. The maximum Gasteiger partial charge on any atom is 0.332 e. The largest absolute Gasteiger partial charge is 0.378 e. The molecule has 1 saturated heterocycles. The molecule has 36 heavy (non-hydrogen) atoms. The molecule has 14 heteroatoms. The number of thioether (sulfide) groups is 1. The molecule has 0 amide bonds. The summed E-state index contributed by atoms with van der Waals surface area (Å²) in [6, 6.07) is 7.38. The van der Waals surface area contributed by atoms with Crippen LogP contribution in [0, 0.1) is 0 Å². The number of anilines is 2. The van der Waals surface area contributed by atoms with Gasteiger partial charge in [0.05, 0.1) is 25.5 Å². The molecule has 2 N–H and O–H groups in total. The Bertz CT molecular complexity index is 1560. The van der Waals surface area contributed by atoms with Gasteiger partial charge in [-0.1, -0.05) is 35.5 Å². The minimum absolute atomic E-state index is 0.130. The summed E-state index contributed by atoms with van der Waals surface area (Å²) in [4.78, 5) is 45.5. The molecule has 0 radical (unpaired) electrons. The van der Waals surface area contributed by atoms with Crippen LogP contribution in [-0.2, 0) is 31.1 Å². The van der Waals surface area contributed by atoms with Crippen LogP contribution in [0.4, 0.5) is 11.9 Å². The molecular weight excluding hydrogens is 506 g/mol. The molecule has 0 saturated carbocycles. The molecule has 3 aromatic heterocycles. The molecule has 5 rings (SSSR count). The van der Waals surface area contributed by atoms with E-state index >= 15 is 0 Å². The Morgan fingerprint density at radius 1 is 1.08 bits per heavy atom. The average Bonchev–Trinajstić information content (AvgIpc) is 3.23. The normalized spacial score (nSPS) is 14.0. The SMILES string of the molecule is Cn1c(=O)c2c(nc(SCc3nc(N)nc(N4CCOCC4)n3)n2Cc2cccc(Cl)c2)n(C)c1=O. The Labute approximate surface area is 214 Å². The molecule has 1 aromatic carbocycles. The fraction of sp³-hybridized carbons (Fsp3) is 0.364. The van der Waals surface area contributed by atoms with Gasteiger partial charge in [0.2, 0.25) is 11.9 Å². The second-order valence-electron chi connectivity index (χ2n) is 8.29. The molecule has 0 atom stereocenters. The molecule has 0 bridgehead atoms. The molecule has 188 valence electrons. The molecule has 0 aliphatic carbocycles. The van der Waals surface area contributed by atoms with Gasteiger partial charge in [-0.3, -0.25) is 13.9 Å². The quantitative estimate of drug-likeness (QED) is 0.360. The van der Waals surface area contributed by atoms with Crippen molar-refractivity contribution in [2.75, 3.05) is 36.9 Å². The Morgan fingerprint density at radius 2 is 1.86 bits per heavy atom. The number of halogens is 1. The monoisotopic (exact) mass is 529 g/mol. The minimum Gasteiger partial charge on any atom is -0.378 e. The van der Waals surface area contributed by atoms with Crippen LogP contribution in [0.25, 0.3) is 11.2 Å². The maximum atomic E-state index is 13.1. The van der Waals surface area contributed by atoms with Gasteiger partial charge in [-0.25, -0.2) is 9.78 Å². The molecule has 12 nitrogen and oxygen atoms in total. The van der Waals surface area contributed by atoms with Gasteiger partial charge in [0.1, 0.15) is 5.82 Å². The van der Waals surface area contributed by atoms with Crippen molar-refractivity contribution in [1.29, 1.82) is 0 Å². The van der Waals surface area contributed by atoms with Crippen molar-refractivity contribution >= 4 is 46.4 Å². The van der Waals surface area contributed by atoms with Crippen molar-refractivity contribution < 1.29 is 4.74 Å². The zero-order valence-electron chi connectivity index (χ0n) is 19.7. The standard InChI is InChI=1S/C22H24ClN9O3S/c1-29-17-16(18(33)30(2)22(29)34)32(11-13-4-3-5-14(23)10-13)21(27-17)36-12-15-25-19(24)28-20(26-15)31-6-8-35-9-7-31/h3-5,10H,6-9,11-12H2,1-2H3,(H2,24,25,26,28). The molecular formula is C22H24ClN9O3S. The summed E-state index contributed by atoms with van der Waals surface area (Å²) in [7, 11) is 3.05. The van der Waals surface area contributed by atoms with E-state index in [1.165, 1.54) is 23.4 Å². The zero-order valence-corrected chi connectivity index (χ0v) is 21.3. The number of aromatic nitrogens is 7. The zero-order chi connectivity index (χ0) is 25.4. The molecule has 0 spiro atoms. The van der Waals surface area contributed by atoms with Gasteiger partial charge in [0.15, 0.2) is 16.3 Å². The van der Waals surface area contributed by atoms with Gasteiger partial charge in [0, 0.05) is 32.2 Å². The van der Waals surface area contributed by atoms with E-state index in [9.17, 15) is 9.59 Å². The first-order valence-electron chi connectivity index (χ1n) is 11.2. The second-order valence-corrected chi connectivity index (χ2v) is 9.67. The minimum atomic E-state index is -0.447. The molecule has 1 fully saturated rings. The number of aryl methyl sites for hydroxylation is 1. The van der Waals surface area contributed by atoms with Crippen molar-refractivity contribution in [1.82, 2.24) is 33.6 Å². The molecule has 1 aliphatic heterocycles. The number of nitrogens with zero attached hydrogens (tertiary/aromatic N) is 8. The van der Waals surface area contributed by atoms with E-state index in [4.69, 9.17) is 22.1 Å². The van der Waals surface area contributed by atoms with Crippen molar-refractivity contribution in [3.8, 4) is 0 Å². The Morgan fingerprint density at radius 3 is 2.61 bits per heavy atom. The van der Waals surface area contributed by atoms with Crippen molar-refractivity contribution in [2.24, 2.45) is 14.1 Å². The Balaban J connectivity index is 1.54. The number of hydrogen-bond donors (Lipinski definition) is 1. The average molecular weight is 530 g/mol. The van der Waals surface area contributed by atoms with Crippen LogP contribution in [0.1, 0.15) is 11.4 Å². The van der Waals surface area contributed by atoms with E-state index in [2.05, 4.69) is 19.9 Å². The smallest absolute Gasteiger partial charge is 0.332 e. The van der Waals surface area contributed by atoms with Crippen molar-refractivity contribution in [3.63, 3.8) is 0 Å². The number of hydrogen-bond acceptors (Lipinski definition) is 10. The van der Waals surface area contributed by atoms with Crippen molar-refractivity contribution in [3.05, 3.63) is 61.5 Å². The van der Waals surface area contributed by atoms with Gasteiger partial charge >= 0.3 is 5.69 Å². The van der Waals surface area contributed by atoms with Crippen LogP contribution < -0.4 is 21.9 Å². The summed E-state index contributed by atoms with van der Waals surface area (Å²) in [6.45, 7) is 2.87. The number of rotatable bonds is 6. The third-order valence-corrected chi connectivity index (χ3v) is 7.06. The summed E-state index contributed by atoms with van der Waals surface area (Å²) in [5.41, 5.74) is 6.62. The van der Waals surface area contributed by atoms with Gasteiger partial charge in [0.25, 0.3) is 5.56 Å². The van der Waals surface area contributed by atoms with Crippen molar-refractivity contribution in [2.45, 2.75) is 17.5 Å². The molecule has 0 unspecified atom stereocenters. The summed E-state index contributed by atoms with van der Waals surface area (Å²) in [6.07, 6.45) is 0. The van der Waals surface area contributed by atoms with E-state index in [-0.39, 0.29) is 5.95 Å². The lowest BCUT2D eigenvalue weighted by atomic mass is 10.2. The van der Waals surface area contributed by atoms with Gasteiger partial charge < -0.3 is 19.9 Å². The molecule has 4 aromatic rings. The predicted octanol–water partition coefficient (Wildman–Crippen LogP) is 1.03. The van der Waals surface area contributed by atoms with Gasteiger partial charge in [-0.2, -0.15) is 15.0 Å². The molecule has 1 aliphatic rings. The van der Waals surface area contributed by atoms with E-state index in [0.717, 1.165) is 10.1 Å². The summed E-state index contributed by atoms with van der Waals surface area (Å²) in [5.74, 6) is 1.45. The van der Waals surface area contributed by atoms with Gasteiger partial charge in [-0.15, -0.1) is 0 Å². The first-order chi connectivity index (χ1) is 17.3. The predicted molar refractivity (Wildman–Crippen MR) is 138 cm³/mol. The maximum absolute atomic E-state index is 13.1. The first-order valence-corrected chi connectivity index (χ1v) is 12.5. The van der Waals surface area contributed by atoms with Crippen LogP contribution >= 0.6 is 23.4 Å². The first kappa shape index (κ1) is 24.3. The summed E-state index contributed by atoms with van der Waals surface area (Å²) >= 11 is 7.54. The Kier molecular flexibility index (Phi) is 6.69. The van der Waals surface area contributed by atoms with E-state index in [1.807, 2.05) is 23.1 Å². The van der Waals surface area contributed by atoms with Gasteiger partial charge in [-0.05, 0) is 17.7 Å². The van der Waals surface area contributed by atoms with Crippen LogP contribution in [0.5, 0.6) is 0 Å². The van der Waals surface area contributed by atoms with Crippen LogP contribution in [-0.4, -0.2) is 59.9 Å². The number of fused-ring (bicyclic) bond motifs is 1.